The maximum atomic E-state index is 10.4. The molecule has 0 aliphatic carbocycles. The minimum Gasteiger partial charge on any atom is -0.480 e. The Morgan fingerprint density at radius 3 is 1.57 bits per heavy atom. The zero-order valence-electron chi connectivity index (χ0n) is 13.8. The van der Waals surface area contributed by atoms with Crippen LogP contribution in [0.15, 0.2) is 0 Å². The lowest BCUT2D eigenvalue weighted by Crippen LogP contribution is -2.28. The van der Waals surface area contributed by atoms with Crippen LogP contribution in [-0.2, 0) is 23.7 Å². The zero-order chi connectivity index (χ0) is 16.3. The number of carboxylic acid groups (broad SMARTS) is 1. The largest absolute Gasteiger partial charge is 0.480 e. The van der Waals surface area contributed by atoms with Crippen LogP contribution in [0.25, 0.3) is 0 Å². The van der Waals surface area contributed by atoms with Crippen LogP contribution in [-0.4, -0.2) is 61.9 Å². The fourth-order valence-electron chi connectivity index (χ4n) is 1.38. The van der Waals surface area contributed by atoms with E-state index < -0.39 is 5.97 Å². The van der Waals surface area contributed by atoms with Crippen molar-refractivity contribution in [3.05, 3.63) is 0 Å². The third-order valence-corrected chi connectivity index (χ3v) is 2.91. The Kier molecular flexibility index (Phi) is 11.5. The minimum atomic E-state index is -0.978. The van der Waals surface area contributed by atoms with E-state index in [9.17, 15) is 4.79 Å². The van der Waals surface area contributed by atoms with E-state index in [0.29, 0.717) is 19.8 Å². The van der Waals surface area contributed by atoms with Crippen molar-refractivity contribution in [3.8, 4) is 0 Å². The van der Waals surface area contributed by atoms with E-state index in [4.69, 9.17) is 24.1 Å². The summed E-state index contributed by atoms with van der Waals surface area (Å²) in [7, 11) is 0. The SMILES string of the molecule is CCC(C)OCC(C)OCC(C)OCC(C)OCC(=O)O. The van der Waals surface area contributed by atoms with Crippen molar-refractivity contribution in [1.29, 1.82) is 0 Å². The van der Waals surface area contributed by atoms with Crippen LogP contribution in [0, 0.1) is 0 Å². The highest BCUT2D eigenvalue weighted by Gasteiger charge is 2.11. The van der Waals surface area contributed by atoms with Crippen molar-refractivity contribution in [3.63, 3.8) is 0 Å². The number of carboxylic acids is 1. The molecule has 6 nitrogen and oxygen atoms in total. The van der Waals surface area contributed by atoms with Gasteiger partial charge in [-0.25, -0.2) is 4.79 Å². The first-order valence-electron chi connectivity index (χ1n) is 7.53. The molecular weight excluding hydrogens is 276 g/mol. The topological polar surface area (TPSA) is 74.2 Å². The lowest BCUT2D eigenvalue weighted by atomic mass is 10.3. The number of hydrogen-bond donors (Lipinski definition) is 1. The summed E-state index contributed by atoms with van der Waals surface area (Å²) in [5.74, 6) is -0.978. The van der Waals surface area contributed by atoms with Gasteiger partial charge in [0, 0.05) is 0 Å². The molecule has 0 spiro atoms. The standard InChI is InChI=1S/C15H30O6/c1-6-11(2)18-7-12(3)19-8-13(4)20-9-14(5)21-10-15(16)17/h11-14H,6-10H2,1-5H3,(H,16,17). The molecule has 0 fully saturated rings. The van der Waals surface area contributed by atoms with Gasteiger partial charge < -0.3 is 24.1 Å². The van der Waals surface area contributed by atoms with E-state index in [1.54, 1.807) is 6.92 Å². The summed E-state index contributed by atoms with van der Waals surface area (Å²) in [6.07, 6.45) is 0.921. The molecule has 0 bridgehead atoms. The molecule has 0 amide bonds. The Balaban J connectivity index is 3.64. The molecule has 0 heterocycles. The molecule has 126 valence electrons. The Hall–Kier alpha value is -0.690. The third-order valence-electron chi connectivity index (χ3n) is 2.91. The van der Waals surface area contributed by atoms with Gasteiger partial charge >= 0.3 is 5.97 Å². The molecule has 21 heavy (non-hydrogen) atoms. The molecule has 0 aromatic rings. The van der Waals surface area contributed by atoms with Gasteiger partial charge in [-0.1, -0.05) is 6.92 Å². The van der Waals surface area contributed by atoms with E-state index >= 15 is 0 Å². The molecule has 0 saturated carbocycles. The van der Waals surface area contributed by atoms with Crippen LogP contribution in [0.4, 0.5) is 0 Å². The maximum Gasteiger partial charge on any atom is 0.329 e. The summed E-state index contributed by atoms with van der Waals surface area (Å²) in [5, 5.41) is 8.49. The highest BCUT2D eigenvalue weighted by atomic mass is 16.6. The van der Waals surface area contributed by atoms with E-state index in [1.165, 1.54) is 0 Å². The normalized spacial score (nSPS) is 17.2. The number of ether oxygens (including phenoxy) is 4. The summed E-state index contributed by atoms with van der Waals surface area (Å²) in [5.41, 5.74) is 0. The van der Waals surface area contributed by atoms with Crippen LogP contribution in [0.2, 0.25) is 0 Å². The average Bonchev–Trinajstić information content (AvgIpc) is 2.45. The van der Waals surface area contributed by atoms with Crippen molar-refractivity contribution < 1.29 is 28.8 Å². The third kappa shape index (κ3) is 12.7. The van der Waals surface area contributed by atoms with Crippen LogP contribution >= 0.6 is 0 Å². The van der Waals surface area contributed by atoms with Gasteiger partial charge in [-0.3, -0.25) is 0 Å². The van der Waals surface area contributed by atoms with Gasteiger partial charge in [0.25, 0.3) is 0 Å². The Morgan fingerprint density at radius 1 is 0.810 bits per heavy atom. The van der Waals surface area contributed by atoms with Crippen LogP contribution in [0.3, 0.4) is 0 Å². The van der Waals surface area contributed by atoms with Gasteiger partial charge in [0.2, 0.25) is 0 Å². The van der Waals surface area contributed by atoms with Crippen molar-refractivity contribution >= 4 is 5.97 Å². The highest BCUT2D eigenvalue weighted by Crippen LogP contribution is 2.03. The van der Waals surface area contributed by atoms with Crippen molar-refractivity contribution in [2.24, 2.45) is 0 Å². The molecule has 0 rings (SSSR count). The summed E-state index contributed by atoms with van der Waals surface area (Å²) in [6.45, 7) is 10.8. The van der Waals surface area contributed by atoms with Crippen molar-refractivity contribution in [2.45, 2.75) is 65.5 Å². The summed E-state index contributed by atoms with van der Waals surface area (Å²) < 4.78 is 21.9. The zero-order valence-corrected chi connectivity index (χ0v) is 13.8. The summed E-state index contributed by atoms with van der Waals surface area (Å²) in [4.78, 5) is 10.4. The lowest BCUT2D eigenvalue weighted by molar-refractivity contribution is -0.146. The molecular formula is C15H30O6. The Bertz CT molecular complexity index is 271. The van der Waals surface area contributed by atoms with E-state index in [2.05, 4.69) is 6.92 Å². The fourth-order valence-corrected chi connectivity index (χ4v) is 1.38. The fraction of sp³-hybridized carbons (Fsp3) is 0.933. The Morgan fingerprint density at radius 2 is 1.19 bits per heavy atom. The molecule has 0 radical (unpaired) electrons. The molecule has 4 unspecified atom stereocenters. The van der Waals surface area contributed by atoms with Crippen LogP contribution < -0.4 is 0 Å². The number of carbonyl (C=O) groups is 1. The van der Waals surface area contributed by atoms with E-state index in [0.717, 1.165) is 6.42 Å². The smallest absolute Gasteiger partial charge is 0.329 e. The number of hydrogen-bond acceptors (Lipinski definition) is 5. The van der Waals surface area contributed by atoms with E-state index in [-0.39, 0.29) is 31.0 Å². The Labute approximate surface area is 127 Å². The van der Waals surface area contributed by atoms with E-state index in [1.807, 2.05) is 20.8 Å². The predicted octanol–water partition coefficient (Wildman–Crippen LogP) is 2.10. The predicted molar refractivity (Wildman–Crippen MR) is 79.6 cm³/mol. The first-order valence-corrected chi connectivity index (χ1v) is 7.53. The quantitative estimate of drug-likeness (QED) is 0.562. The summed E-state index contributed by atoms with van der Waals surface area (Å²) >= 11 is 0. The molecule has 0 aliphatic rings. The highest BCUT2D eigenvalue weighted by molar-refractivity contribution is 5.68. The molecule has 0 saturated heterocycles. The van der Waals surface area contributed by atoms with Gasteiger partial charge in [0.1, 0.15) is 6.61 Å². The molecule has 6 heteroatoms. The lowest BCUT2D eigenvalue weighted by Gasteiger charge is -2.20. The second-order valence-corrected chi connectivity index (χ2v) is 5.36. The van der Waals surface area contributed by atoms with Gasteiger partial charge in [0.15, 0.2) is 0 Å². The van der Waals surface area contributed by atoms with Crippen LogP contribution in [0.5, 0.6) is 0 Å². The van der Waals surface area contributed by atoms with Crippen LogP contribution in [0.1, 0.15) is 41.0 Å². The number of rotatable bonds is 13. The second-order valence-electron chi connectivity index (χ2n) is 5.36. The van der Waals surface area contributed by atoms with Gasteiger partial charge in [-0.05, 0) is 34.1 Å². The summed E-state index contributed by atoms with van der Waals surface area (Å²) in [6, 6.07) is 0. The van der Waals surface area contributed by atoms with Crippen molar-refractivity contribution in [1.82, 2.24) is 0 Å². The monoisotopic (exact) mass is 306 g/mol. The molecule has 4 atom stereocenters. The molecule has 0 aliphatic heterocycles. The number of aliphatic carboxylic acids is 1. The molecule has 0 aromatic carbocycles. The molecule has 1 N–H and O–H groups in total. The average molecular weight is 306 g/mol. The minimum absolute atomic E-state index is 0.0192. The first-order chi connectivity index (χ1) is 9.85. The van der Waals surface area contributed by atoms with Gasteiger partial charge in [0.05, 0.1) is 44.2 Å². The van der Waals surface area contributed by atoms with Gasteiger partial charge in [-0.2, -0.15) is 0 Å². The van der Waals surface area contributed by atoms with Gasteiger partial charge in [-0.15, -0.1) is 0 Å². The van der Waals surface area contributed by atoms with Crippen molar-refractivity contribution in [2.75, 3.05) is 26.4 Å². The maximum absolute atomic E-state index is 10.4. The molecule has 0 aromatic heterocycles. The first kappa shape index (κ1) is 20.3. The second kappa shape index (κ2) is 11.9.